The zero-order chi connectivity index (χ0) is 6.74. The highest BCUT2D eigenvalue weighted by atomic mass is 31.1. The molecule has 0 aliphatic carbocycles. The second kappa shape index (κ2) is 2.95. The van der Waals surface area contributed by atoms with Gasteiger partial charge in [0.25, 0.3) is 0 Å². The van der Waals surface area contributed by atoms with Gasteiger partial charge < -0.3 is 0 Å². The molecule has 0 amide bonds. The van der Waals surface area contributed by atoms with Gasteiger partial charge >= 0.3 is 0 Å². The van der Waals surface area contributed by atoms with E-state index < -0.39 is 0 Å². The van der Waals surface area contributed by atoms with Crippen molar-refractivity contribution < 1.29 is 0 Å². The molecule has 2 atom stereocenters. The molecule has 1 aliphatic rings. The molecule has 0 fully saturated rings. The maximum atomic E-state index is 2.92. The molecule has 0 saturated carbocycles. The number of rotatable bonds is 2. The Morgan fingerprint density at radius 3 is 2.89 bits per heavy atom. The highest BCUT2D eigenvalue weighted by molar-refractivity contribution is 7.53. The van der Waals surface area contributed by atoms with Crippen molar-refractivity contribution >= 4 is 23.2 Å². The van der Waals surface area contributed by atoms with E-state index in [9.17, 15) is 0 Å². The molecule has 0 radical (unpaired) electrons. The second-order valence-electron chi connectivity index (χ2n) is 2.38. The fraction of sp³-hybridized carbons (Fsp3) is 0.571. The van der Waals surface area contributed by atoms with Crippen LogP contribution in [0, 0.1) is 0 Å². The maximum absolute atomic E-state index is 2.92. The van der Waals surface area contributed by atoms with Gasteiger partial charge in [0.15, 0.2) is 0 Å². The number of hydrogen-bond acceptors (Lipinski definition) is 0. The Labute approximate surface area is 60.7 Å². The third-order valence-corrected chi connectivity index (χ3v) is 3.54. The van der Waals surface area contributed by atoms with Gasteiger partial charge in [-0.2, -0.15) is 0 Å². The van der Waals surface area contributed by atoms with Crippen molar-refractivity contribution in [3.8, 4) is 0 Å². The molecule has 0 saturated heterocycles. The van der Waals surface area contributed by atoms with Crippen LogP contribution in [0.2, 0.25) is 0 Å². The Hall–Kier alpha value is 0.340. The van der Waals surface area contributed by atoms with Crippen LogP contribution in [0.4, 0.5) is 0 Å². The van der Waals surface area contributed by atoms with E-state index >= 15 is 0 Å². The lowest BCUT2D eigenvalue weighted by atomic mass is 10.2. The summed E-state index contributed by atoms with van der Waals surface area (Å²) in [5, 5.41) is 0. The van der Waals surface area contributed by atoms with Crippen LogP contribution in [0.3, 0.4) is 0 Å². The van der Waals surface area contributed by atoms with Crippen molar-refractivity contribution in [3.63, 3.8) is 0 Å². The Morgan fingerprint density at radius 1 is 1.67 bits per heavy atom. The fourth-order valence-corrected chi connectivity index (χ4v) is 2.62. The third kappa shape index (κ3) is 1.88. The molecule has 50 valence electrons. The Morgan fingerprint density at radius 2 is 2.44 bits per heavy atom. The van der Waals surface area contributed by atoms with Crippen molar-refractivity contribution in [1.82, 2.24) is 0 Å². The number of hydrogen-bond donors (Lipinski definition) is 0. The van der Waals surface area contributed by atoms with E-state index in [1.165, 1.54) is 21.0 Å². The molecular weight excluding hydrogens is 146 g/mol. The van der Waals surface area contributed by atoms with Crippen molar-refractivity contribution in [2.75, 3.05) is 0 Å². The van der Waals surface area contributed by atoms with E-state index in [-0.39, 0.29) is 0 Å². The average Bonchev–Trinajstić information content (AvgIpc) is 2.16. The minimum atomic E-state index is 0.398. The highest BCUT2D eigenvalue weighted by Gasteiger charge is 2.18. The van der Waals surface area contributed by atoms with Crippen molar-refractivity contribution in [2.45, 2.75) is 24.7 Å². The smallest absolute Gasteiger partial charge is 0.0443 e. The predicted octanol–water partition coefficient (Wildman–Crippen LogP) is 2.68. The Bertz CT molecular complexity index is 135. The highest BCUT2D eigenvalue weighted by Crippen LogP contribution is 2.40. The topological polar surface area (TPSA) is 0 Å². The van der Waals surface area contributed by atoms with Crippen LogP contribution in [0.1, 0.15) is 19.8 Å². The van der Waals surface area contributed by atoms with Crippen LogP contribution in [0.25, 0.3) is 0 Å². The Kier molecular flexibility index (Phi) is 2.44. The summed E-state index contributed by atoms with van der Waals surface area (Å²) in [6.07, 6.45) is 6.99. The van der Waals surface area contributed by atoms with Crippen LogP contribution in [0.15, 0.2) is 12.2 Å². The van der Waals surface area contributed by atoms with Gasteiger partial charge in [-0.05, 0) is 12.2 Å². The molecule has 0 spiro atoms. The van der Waals surface area contributed by atoms with Crippen LogP contribution in [-0.2, 0) is 0 Å². The summed E-state index contributed by atoms with van der Waals surface area (Å²) in [6, 6.07) is 0. The van der Waals surface area contributed by atoms with Gasteiger partial charge in [0, 0.05) is 4.90 Å². The van der Waals surface area contributed by atoms with Crippen LogP contribution in [-0.4, -0.2) is 10.7 Å². The largest absolute Gasteiger partial charge is 0.118 e. The van der Waals surface area contributed by atoms with E-state index in [1.807, 2.05) is 0 Å². The van der Waals surface area contributed by atoms with E-state index in [1.54, 1.807) is 0 Å². The van der Waals surface area contributed by atoms with Crippen molar-refractivity contribution in [2.24, 2.45) is 0 Å². The zero-order valence-corrected chi connectivity index (χ0v) is 7.72. The van der Waals surface area contributed by atoms with Gasteiger partial charge in [-0.3, -0.25) is 0 Å². The molecule has 0 aromatic heterocycles. The standard InChI is InChI=1S/C7H12P2/c1-2-4-7(8)5-3-6-9-7/h3,5-6H,2,4,8H2,1H3. The molecule has 0 N–H and O–H groups in total. The van der Waals surface area contributed by atoms with Gasteiger partial charge in [-0.25, -0.2) is 0 Å². The lowest BCUT2D eigenvalue weighted by Crippen LogP contribution is -2.03. The second-order valence-corrected chi connectivity index (χ2v) is 5.28. The van der Waals surface area contributed by atoms with Crippen molar-refractivity contribution in [1.29, 1.82) is 0 Å². The summed E-state index contributed by atoms with van der Waals surface area (Å²) in [6.45, 7) is 2.23. The summed E-state index contributed by atoms with van der Waals surface area (Å²) < 4.78 is 0. The van der Waals surface area contributed by atoms with E-state index in [0.717, 1.165) is 0 Å². The number of allylic oxidation sites excluding steroid dienone is 2. The van der Waals surface area contributed by atoms with Gasteiger partial charge in [-0.1, -0.05) is 33.7 Å². The molecular formula is C7H12P2. The molecule has 9 heavy (non-hydrogen) atoms. The molecule has 0 nitrogen and oxygen atoms in total. The van der Waals surface area contributed by atoms with Crippen LogP contribution in [0.5, 0.6) is 0 Å². The summed E-state index contributed by atoms with van der Waals surface area (Å²) in [4.78, 5) is 0.398. The monoisotopic (exact) mass is 158 g/mol. The molecule has 0 aromatic carbocycles. The first-order valence-electron chi connectivity index (χ1n) is 3.29. The summed E-state index contributed by atoms with van der Waals surface area (Å²) in [5.41, 5.74) is 0. The van der Waals surface area contributed by atoms with Gasteiger partial charge in [0.05, 0.1) is 0 Å². The molecule has 0 bridgehead atoms. The van der Waals surface area contributed by atoms with Gasteiger partial charge in [0.2, 0.25) is 0 Å². The molecule has 0 aromatic rings. The minimum absolute atomic E-state index is 0.398. The van der Waals surface area contributed by atoms with Gasteiger partial charge in [-0.15, -0.1) is 9.24 Å². The van der Waals surface area contributed by atoms with Gasteiger partial charge in [0.1, 0.15) is 0 Å². The first-order valence-corrected chi connectivity index (χ1v) is 4.83. The van der Waals surface area contributed by atoms with Crippen LogP contribution >= 0.6 is 17.4 Å². The van der Waals surface area contributed by atoms with E-state index in [4.69, 9.17) is 0 Å². The first-order chi connectivity index (χ1) is 4.27. The quantitative estimate of drug-likeness (QED) is 0.542. The third-order valence-electron chi connectivity index (χ3n) is 1.44. The van der Waals surface area contributed by atoms with E-state index in [2.05, 4.69) is 34.1 Å². The first kappa shape index (κ1) is 7.45. The minimum Gasteiger partial charge on any atom is -0.118 e. The molecule has 2 heteroatoms. The maximum Gasteiger partial charge on any atom is 0.0443 e. The summed E-state index contributed by atoms with van der Waals surface area (Å²) in [5.74, 6) is 2.21. The van der Waals surface area contributed by atoms with Crippen molar-refractivity contribution in [3.05, 3.63) is 12.2 Å². The molecule has 1 rings (SSSR count). The molecule has 1 aliphatic heterocycles. The normalized spacial score (nSPS) is 33.6. The predicted molar refractivity (Wildman–Crippen MR) is 49.5 cm³/mol. The van der Waals surface area contributed by atoms with E-state index in [0.29, 0.717) is 4.90 Å². The zero-order valence-electron chi connectivity index (χ0n) is 5.67. The fourth-order valence-electron chi connectivity index (χ4n) is 0.983. The van der Waals surface area contributed by atoms with Crippen LogP contribution < -0.4 is 0 Å². The Balaban J connectivity index is 2.53. The molecule has 1 heterocycles. The average molecular weight is 158 g/mol. The summed E-state index contributed by atoms with van der Waals surface area (Å²) in [7, 11) is 4.36. The SMILES string of the molecule is CCCC1(P)C=CC=P1. The lowest BCUT2D eigenvalue weighted by molar-refractivity contribution is 0.794. The summed E-state index contributed by atoms with van der Waals surface area (Å²) >= 11 is 0. The lowest BCUT2D eigenvalue weighted by Gasteiger charge is -2.15. The molecule has 2 unspecified atom stereocenters.